The number of amides is 2. The SMILES string of the molecule is CCNC(=O)N[C@H](Cc1cnc[nH]1)C(=O)O. The van der Waals surface area contributed by atoms with Crippen LogP contribution < -0.4 is 10.6 Å². The van der Waals surface area contributed by atoms with E-state index in [1.807, 2.05) is 0 Å². The standard InChI is InChI=1S/C9H14N4O3/c1-2-11-9(16)13-7(8(14)15)3-6-4-10-5-12-6/h4-5,7H,2-3H2,1H3,(H,10,12)(H,14,15)(H2,11,13,16)/t7-/m1/s1. The molecule has 0 radical (unpaired) electrons. The summed E-state index contributed by atoms with van der Waals surface area (Å²) in [6.45, 7) is 2.20. The van der Waals surface area contributed by atoms with Crippen LogP contribution in [0.3, 0.4) is 0 Å². The molecule has 0 bridgehead atoms. The maximum Gasteiger partial charge on any atom is 0.326 e. The Morgan fingerprint density at radius 2 is 2.38 bits per heavy atom. The molecule has 16 heavy (non-hydrogen) atoms. The van der Waals surface area contributed by atoms with Crippen molar-refractivity contribution in [3.8, 4) is 0 Å². The van der Waals surface area contributed by atoms with Crippen molar-refractivity contribution in [1.82, 2.24) is 20.6 Å². The number of carbonyl (C=O) groups is 2. The van der Waals surface area contributed by atoms with Crippen molar-refractivity contribution in [3.05, 3.63) is 18.2 Å². The van der Waals surface area contributed by atoms with Crippen LogP contribution in [0.25, 0.3) is 0 Å². The largest absolute Gasteiger partial charge is 0.480 e. The molecule has 0 fully saturated rings. The molecule has 0 aliphatic rings. The number of nitrogens with zero attached hydrogens (tertiary/aromatic N) is 1. The van der Waals surface area contributed by atoms with Gasteiger partial charge in [0.05, 0.1) is 6.33 Å². The Morgan fingerprint density at radius 1 is 1.62 bits per heavy atom. The van der Waals surface area contributed by atoms with E-state index in [4.69, 9.17) is 5.11 Å². The van der Waals surface area contributed by atoms with Gasteiger partial charge in [-0.25, -0.2) is 14.6 Å². The zero-order chi connectivity index (χ0) is 12.0. The van der Waals surface area contributed by atoms with Gasteiger partial charge in [-0.05, 0) is 6.92 Å². The van der Waals surface area contributed by atoms with E-state index < -0.39 is 18.0 Å². The quantitative estimate of drug-likeness (QED) is 0.554. The predicted octanol–water partition coefficient (Wildman–Crippen LogP) is -0.275. The molecule has 4 N–H and O–H groups in total. The second kappa shape index (κ2) is 5.74. The average Bonchev–Trinajstić information content (AvgIpc) is 2.69. The van der Waals surface area contributed by atoms with Crippen molar-refractivity contribution in [3.63, 3.8) is 0 Å². The third-order valence-electron chi connectivity index (χ3n) is 1.92. The molecule has 1 aromatic heterocycles. The Hall–Kier alpha value is -2.05. The van der Waals surface area contributed by atoms with Crippen LogP contribution in [0.5, 0.6) is 0 Å². The maximum atomic E-state index is 11.2. The minimum absolute atomic E-state index is 0.173. The first-order valence-corrected chi connectivity index (χ1v) is 4.88. The summed E-state index contributed by atoms with van der Waals surface area (Å²) in [5.41, 5.74) is 0.657. The van der Waals surface area contributed by atoms with Crippen molar-refractivity contribution in [2.45, 2.75) is 19.4 Å². The van der Waals surface area contributed by atoms with E-state index in [1.165, 1.54) is 12.5 Å². The fourth-order valence-electron chi connectivity index (χ4n) is 1.19. The minimum Gasteiger partial charge on any atom is -0.480 e. The van der Waals surface area contributed by atoms with Crippen LogP contribution in [0.1, 0.15) is 12.6 Å². The Balaban J connectivity index is 2.54. The molecule has 1 atom stereocenters. The van der Waals surface area contributed by atoms with Gasteiger partial charge in [0, 0.05) is 24.9 Å². The van der Waals surface area contributed by atoms with Crippen molar-refractivity contribution >= 4 is 12.0 Å². The lowest BCUT2D eigenvalue weighted by molar-refractivity contribution is -0.139. The molecule has 0 saturated carbocycles. The van der Waals surface area contributed by atoms with Crippen molar-refractivity contribution < 1.29 is 14.7 Å². The highest BCUT2D eigenvalue weighted by Gasteiger charge is 2.20. The molecule has 1 aromatic rings. The fourth-order valence-corrected chi connectivity index (χ4v) is 1.19. The first kappa shape index (κ1) is 12.0. The third-order valence-corrected chi connectivity index (χ3v) is 1.92. The Labute approximate surface area is 92.3 Å². The number of rotatable bonds is 5. The van der Waals surface area contributed by atoms with Crippen LogP contribution in [0.4, 0.5) is 4.79 Å². The van der Waals surface area contributed by atoms with Gasteiger partial charge in [0.1, 0.15) is 6.04 Å². The number of carboxylic acids is 1. The van der Waals surface area contributed by atoms with Gasteiger partial charge in [-0.1, -0.05) is 0 Å². The van der Waals surface area contributed by atoms with Crippen molar-refractivity contribution in [2.75, 3.05) is 6.54 Å². The van der Waals surface area contributed by atoms with Gasteiger partial charge in [-0.15, -0.1) is 0 Å². The molecule has 1 heterocycles. The lowest BCUT2D eigenvalue weighted by Gasteiger charge is -2.13. The lowest BCUT2D eigenvalue weighted by atomic mass is 10.2. The minimum atomic E-state index is -1.08. The molecule has 0 unspecified atom stereocenters. The number of aromatic amines is 1. The highest BCUT2D eigenvalue weighted by atomic mass is 16.4. The van der Waals surface area contributed by atoms with E-state index in [2.05, 4.69) is 20.6 Å². The first-order valence-electron chi connectivity index (χ1n) is 4.88. The van der Waals surface area contributed by atoms with Crippen LogP contribution in [-0.4, -0.2) is 39.7 Å². The smallest absolute Gasteiger partial charge is 0.326 e. The topological polar surface area (TPSA) is 107 Å². The zero-order valence-electron chi connectivity index (χ0n) is 8.86. The van der Waals surface area contributed by atoms with Crippen LogP contribution >= 0.6 is 0 Å². The number of H-pyrrole nitrogens is 1. The molecule has 0 aromatic carbocycles. The second-order valence-electron chi connectivity index (χ2n) is 3.18. The summed E-state index contributed by atoms with van der Waals surface area (Å²) < 4.78 is 0. The summed E-state index contributed by atoms with van der Waals surface area (Å²) >= 11 is 0. The molecule has 0 aliphatic carbocycles. The average molecular weight is 226 g/mol. The Bertz CT molecular complexity index is 350. The molecular formula is C9H14N4O3. The first-order chi connectivity index (χ1) is 7.63. The molecule has 7 heteroatoms. The molecule has 0 saturated heterocycles. The molecule has 88 valence electrons. The molecule has 2 amide bonds. The number of carboxylic acid groups (broad SMARTS) is 1. The summed E-state index contributed by atoms with van der Waals surface area (Å²) in [4.78, 5) is 28.6. The molecule has 1 rings (SSSR count). The number of hydrogen-bond donors (Lipinski definition) is 4. The van der Waals surface area contributed by atoms with E-state index in [0.29, 0.717) is 12.2 Å². The predicted molar refractivity (Wildman–Crippen MR) is 55.9 cm³/mol. The zero-order valence-corrected chi connectivity index (χ0v) is 8.86. The summed E-state index contributed by atoms with van der Waals surface area (Å²) in [5.74, 6) is -1.08. The molecule has 0 aliphatic heterocycles. The van der Waals surface area contributed by atoms with Crippen molar-refractivity contribution in [2.24, 2.45) is 0 Å². The highest BCUT2D eigenvalue weighted by Crippen LogP contribution is 1.98. The molecule has 7 nitrogen and oxygen atoms in total. The van der Waals surface area contributed by atoms with E-state index >= 15 is 0 Å². The number of urea groups is 1. The summed E-state index contributed by atoms with van der Waals surface area (Å²) in [5, 5.41) is 13.7. The van der Waals surface area contributed by atoms with Crippen LogP contribution in [0, 0.1) is 0 Å². The number of imidazole rings is 1. The second-order valence-corrected chi connectivity index (χ2v) is 3.18. The van der Waals surface area contributed by atoms with Gasteiger partial charge >= 0.3 is 12.0 Å². The number of hydrogen-bond acceptors (Lipinski definition) is 3. The maximum absolute atomic E-state index is 11.2. The number of carbonyl (C=O) groups excluding carboxylic acids is 1. The summed E-state index contributed by atoms with van der Waals surface area (Å²) in [6.07, 6.45) is 3.15. The Morgan fingerprint density at radius 3 is 2.88 bits per heavy atom. The van der Waals surface area contributed by atoms with Crippen molar-refractivity contribution in [1.29, 1.82) is 0 Å². The van der Waals surface area contributed by atoms with Crippen LogP contribution in [0.15, 0.2) is 12.5 Å². The number of aromatic nitrogens is 2. The normalized spacial score (nSPS) is 11.8. The van der Waals surface area contributed by atoms with Gasteiger partial charge in [0.2, 0.25) is 0 Å². The number of aliphatic carboxylic acids is 1. The fraction of sp³-hybridized carbons (Fsp3) is 0.444. The monoisotopic (exact) mass is 226 g/mol. The van der Waals surface area contributed by atoms with Crippen LogP contribution in [-0.2, 0) is 11.2 Å². The molecular weight excluding hydrogens is 212 g/mol. The van der Waals surface area contributed by atoms with Gasteiger partial charge in [0.15, 0.2) is 0 Å². The van der Waals surface area contributed by atoms with E-state index in [1.54, 1.807) is 6.92 Å². The van der Waals surface area contributed by atoms with E-state index in [-0.39, 0.29) is 6.42 Å². The summed E-state index contributed by atoms with van der Waals surface area (Å²) in [7, 11) is 0. The van der Waals surface area contributed by atoms with Gasteiger partial charge in [0.25, 0.3) is 0 Å². The lowest BCUT2D eigenvalue weighted by Crippen LogP contribution is -2.47. The third kappa shape index (κ3) is 3.60. The number of nitrogens with one attached hydrogen (secondary N) is 3. The highest BCUT2D eigenvalue weighted by molar-refractivity contribution is 5.82. The van der Waals surface area contributed by atoms with E-state index in [9.17, 15) is 9.59 Å². The Kier molecular flexibility index (Phi) is 4.31. The van der Waals surface area contributed by atoms with Gasteiger partial charge < -0.3 is 20.7 Å². The summed E-state index contributed by atoms with van der Waals surface area (Å²) in [6, 6.07) is -1.46. The van der Waals surface area contributed by atoms with E-state index in [0.717, 1.165) is 0 Å². The molecule has 0 spiro atoms. The van der Waals surface area contributed by atoms with Crippen LogP contribution in [0.2, 0.25) is 0 Å². The van der Waals surface area contributed by atoms with Gasteiger partial charge in [-0.2, -0.15) is 0 Å². The van der Waals surface area contributed by atoms with Gasteiger partial charge in [-0.3, -0.25) is 0 Å².